The molecule has 2 aromatic heterocycles. The molecule has 5 aromatic rings. The van der Waals surface area contributed by atoms with E-state index in [2.05, 4.69) is 46.8 Å². The van der Waals surface area contributed by atoms with Crippen molar-refractivity contribution in [2.75, 3.05) is 4.90 Å². The van der Waals surface area contributed by atoms with Gasteiger partial charge in [0.1, 0.15) is 11.5 Å². The quantitative estimate of drug-likeness (QED) is 0.216. The fraction of sp³-hybridized carbons (Fsp3) is 0.125. The molecule has 3 aromatic carbocycles. The van der Waals surface area contributed by atoms with Gasteiger partial charge in [-0.3, -0.25) is 4.98 Å². The number of aryl methyl sites for hydroxylation is 1. The zero-order valence-electron chi connectivity index (χ0n) is 21.6. The summed E-state index contributed by atoms with van der Waals surface area (Å²) in [5, 5.41) is 4.93. The molecule has 0 radical (unpaired) electrons. The largest absolute Gasteiger partial charge is 0.457 e. The predicted molar refractivity (Wildman–Crippen MR) is 161 cm³/mol. The van der Waals surface area contributed by atoms with E-state index < -0.39 is 0 Å². The van der Waals surface area contributed by atoms with E-state index in [1.165, 1.54) is 5.56 Å². The van der Waals surface area contributed by atoms with Gasteiger partial charge in [0.15, 0.2) is 5.11 Å². The van der Waals surface area contributed by atoms with Crippen LogP contribution in [-0.2, 0) is 0 Å². The first kappa shape index (κ1) is 25.2. The van der Waals surface area contributed by atoms with E-state index in [0.717, 1.165) is 40.0 Å². The molecule has 1 saturated heterocycles. The summed E-state index contributed by atoms with van der Waals surface area (Å²) in [6.45, 7) is 4.28. The molecule has 1 fully saturated rings. The second-order valence-corrected chi connectivity index (χ2v) is 10.4. The Morgan fingerprint density at radius 2 is 1.49 bits per heavy atom. The number of nitrogens with one attached hydrogen (secondary N) is 1. The highest BCUT2D eigenvalue weighted by Crippen LogP contribution is 2.44. The SMILES string of the molecule is Cc1cc([C@H]2[C@H](c3ccccn3)NC(=S)N2c2ccc(Oc3ccccc3)cc2)c(C)n1-c1ccc(Cl)cc1. The van der Waals surface area contributed by atoms with Gasteiger partial charge in [-0.05, 0) is 110 Å². The number of aromatic nitrogens is 2. The average molecular weight is 551 g/mol. The Morgan fingerprint density at radius 1 is 0.821 bits per heavy atom. The number of halogens is 1. The summed E-state index contributed by atoms with van der Waals surface area (Å²) in [7, 11) is 0. The molecule has 1 aliphatic heterocycles. The number of thiocarbonyl (C=S) groups is 1. The van der Waals surface area contributed by atoms with Crippen LogP contribution in [0.5, 0.6) is 11.5 Å². The van der Waals surface area contributed by atoms with Crippen molar-refractivity contribution in [3.8, 4) is 17.2 Å². The summed E-state index contributed by atoms with van der Waals surface area (Å²) in [5.41, 5.74) is 6.43. The molecule has 1 aliphatic rings. The van der Waals surface area contributed by atoms with Gasteiger partial charge in [-0.15, -0.1) is 0 Å². The summed E-state index contributed by atoms with van der Waals surface area (Å²) in [4.78, 5) is 6.89. The summed E-state index contributed by atoms with van der Waals surface area (Å²) in [6.07, 6.45) is 1.83. The molecule has 0 spiro atoms. The highest BCUT2D eigenvalue weighted by atomic mass is 35.5. The molecule has 194 valence electrons. The van der Waals surface area contributed by atoms with Gasteiger partial charge in [0, 0.05) is 34.0 Å². The Labute approximate surface area is 238 Å². The fourth-order valence-electron chi connectivity index (χ4n) is 5.32. The van der Waals surface area contributed by atoms with E-state index in [4.69, 9.17) is 33.5 Å². The smallest absolute Gasteiger partial charge is 0.174 e. The van der Waals surface area contributed by atoms with Crippen LogP contribution >= 0.6 is 23.8 Å². The molecule has 5 nitrogen and oxygen atoms in total. The number of rotatable bonds is 6. The molecule has 0 amide bonds. The van der Waals surface area contributed by atoms with Crippen molar-refractivity contribution in [2.24, 2.45) is 0 Å². The number of para-hydroxylation sites is 1. The zero-order chi connectivity index (χ0) is 26.9. The Hall–Kier alpha value is -4.13. The lowest BCUT2D eigenvalue weighted by molar-refractivity contribution is 0.482. The molecule has 0 aliphatic carbocycles. The number of nitrogens with zero attached hydrogens (tertiary/aromatic N) is 3. The highest BCUT2D eigenvalue weighted by molar-refractivity contribution is 7.80. The highest BCUT2D eigenvalue weighted by Gasteiger charge is 2.42. The second-order valence-electron chi connectivity index (χ2n) is 9.54. The maximum Gasteiger partial charge on any atom is 0.174 e. The minimum Gasteiger partial charge on any atom is -0.457 e. The molecule has 2 atom stereocenters. The molecule has 3 heterocycles. The minimum atomic E-state index is -0.127. The Morgan fingerprint density at radius 3 is 2.18 bits per heavy atom. The van der Waals surface area contributed by atoms with Gasteiger partial charge in [-0.25, -0.2) is 0 Å². The Balaban J connectivity index is 1.41. The third-order valence-corrected chi connectivity index (χ3v) is 7.63. The molecular formula is C32H27ClN4OS. The maximum absolute atomic E-state index is 6.18. The van der Waals surface area contributed by atoms with Crippen LogP contribution < -0.4 is 15.0 Å². The number of ether oxygens (including phenoxy) is 1. The standard InChI is InChI=1S/C32H27ClN4OS/c1-21-20-28(22(2)36(21)24-13-11-23(33)12-14-24)31-30(29-10-6-7-19-34-29)35-32(39)37(31)25-15-17-27(18-16-25)38-26-8-4-3-5-9-26/h3-20,30-31H,1-2H3,(H,35,39)/t30-,31-/m0/s1. The van der Waals surface area contributed by atoms with Crippen molar-refractivity contribution in [1.29, 1.82) is 0 Å². The van der Waals surface area contributed by atoms with Gasteiger partial charge in [0.2, 0.25) is 0 Å². The van der Waals surface area contributed by atoms with Gasteiger partial charge in [0.05, 0.1) is 17.8 Å². The lowest BCUT2D eigenvalue weighted by Crippen LogP contribution is -2.29. The van der Waals surface area contributed by atoms with Crippen molar-refractivity contribution >= 4 is 34.6 Å². The number of hydrogen-bond donors (Lipinski definition) is 1. The van der Waals surface area contributed by atoms with Crippen LogP contribution in [0.4, 0.5) is 5.69 Å². The lowest BCUT2D eigenvalue weighted by Gasteiger charge is -2.28. The van der Waals surface area contributed by atoms with E-state index in [9.17, 15) is 0 Å². The van der Waals surface area contributed by atoms with E-state index in [1.807, 2.05) is 91.1 Å². The van der Waals surface area contributed by atoms with Crippen LogP contribution in [0.15, 0.2) is 109 Å². The van der Waals surface area contributed by atoms with Gasteiger partial charge in [0.25, 0.3) is 0 Å². The van der Waals surface area contributed by atoms with Crippen LogP contribution in [0.25, 0.3) is 5.69 Å². The first-order valence-electron chi connectivity index (χ1n) is 12.8. The van der Waals surface area contributed by atoms with Crippen molar-refractivity contribution < 1.29 is 4.74 Å². The van der Waals surface area contributed by atoms with E-state index >= 15 is 0 Å². The van der Waals surface area contributed by atoms with E-state index in [1.54, 1.807) is 0 Å². The number of pyridine rings is 1. The predicted octanol–water partition coefficient (Wildman–Crippen LogP) is 8.11. The van der Waals surface area contributed by atoms with Crippen LogP contribution in [0.2, 0.25) is 5.02 Å². The number of anilines is 1. The third kappa shape index (κ3) is 4.89. The minimum absolute atomic E-state index is 0.111. The van der Waals surface area contributed by atoms with Crippen LogP contribution in [0.3, 0.4) is 0 Å². The monoisotopic (exact) mass is 550 g/mol. The molecule has 0 unspecified atom stereocenters. The normalized spacial score (nSPS) is 16.8. The van der Waals surface area contributed by atoms with Crippen LogP contribution in [0, 0.1) is 13.8 Å². The molecule has 1 N–H and O–H groups in total. The summed E-state index contributed by atoms with van der Waals surface area (Å²) >= 11 is 12.1. The van der Waals surface area contributed by atoms with Gasteiger partial charge in [-0.2, -0.15) is 0 Å². The summed E-state index contributed by atoms with van der Waals surface area (Å²) in [5.74, 6) is 1.56. The van der Waals surface area contributed by atoms with Gasteiger partial charge < -0.3 is 19.5 Å². The lowest BCUT2D eigenvalue weighted by atomic mass is 9.96. The number of hydrogen-bond acceptors (Lipinski definition) is 3. The first-order valence-corrected chi connectivity index (χ1v) is 13.6. The Kier molecular flexibility index (Phi) is 6.81. The van der Waals surface area contributed by atoms with Crippen LogP contribution in [0.1, 0.15) is 34.7 Å². The van der Waals surface area contributed by atoms with Crippen LogP contribution in [-0.4, -0.2) is 14.7 Å². The fourth-order valence-corrected chi connectivity index (χ4v) is 5.79. The molecule has 7 heteroatoms. The third-order valence-electron chi connectivity index (χ3n) is 7.07. The van der Waals surface area contributed by atoms with E-state index in [-0.39, 0.29) is 12.1 Å². The zero-order valence-corrected chi connectivity index (χ0v) is 23.2. The van der Waals surface area contributed by atoms with Crippen molar-refractivity contribution in [3.63, 3.8) is 0 Å². The molecule has 0 bridgehead atoms. The maximum atomic E-state index is 6.18. The molecular weight excluding hydrogens is 524 g/mol. The van der Waals surface area contributed by atoms with Crippen molar-refractivity contribution in [2.45, 2.75) is 25.9 Å². The summed E-state index contributed by atoms with van der Waals surface area (Å²) in [6, 6.07) is 33.8. The number of benzene rings is 3. The molecule has 39 heavy (non-hydrogen) atoms. The summed E-state index contributed by atoms with van der Waals surface area (Å²) < 4.78 is 8.29. The van der Waals surface area contributed by atoms with E-state index in [0.29, 0.717) is 10.1 Å². The average Bonchev–Trinajstić information content (AvgIpc) is 3.45. The van der Waals surface area contributed by atoms with Gasteiger partial charge >= 0.3 is 0 Å². The van der Waals surface area contributed by atoms with Crippen molar-refractivity contribution in [3.05, 3.63) is 137 Å². The molecule has 0 saturated carbocycles. The topological polar surface area (TPSA) is 42.3 Å². The first-order chi connectivity index (χ1) is 19.0. The second kappa shape index (κ2) is 10.6. The van der Waals surface area contributed by atoms with Crippen molar-refractivity contribution in [1.82, 2.24) is 14.9 Å². The van der Waals surface area contributed by atoms with Gasteiger partial charge in [-0.1, -0.05) is 35.9 Å². The molecule has 6 rings (SSSR count). The Bertz CT molecular complexity index is 1600.